The lowest BCUT2D eigenvalue weighted by Gasteiger charge is -2.14. The number of hydrogen-bond acceptors (Lipinski definition) is 4. The summed E-state index contributed by atoms with van der Waals surface area (Å²) in [4.78, 5) is 1.09. The van der Waals surface area contributed by atoms with Gasteiger partial charge in [0.2, 0.25) is 0 Å². The molecule has 0 aliphatic rings. The van der Waals surface area contributed by atoms with E-state index in [0.29, 0.717) is 17.7 Å². The number of nitriles is 1. The van der Waals surface area contributed by atoms with E-state index in [-0.39, 0.29) is 4.90 Å². The normalized spacial score (nSPS) is 11.0. The van der Waals surface area contributed by atoms with Gasteiger partial charge in [-0.05, 0) is 73.0 Å². The van der Waals surface area contributed by atoms with Crippen LogP contribution in [0.2, 0.25) is 0 Å². The summed E-state index contributed by atoms with van der Waals surface area (Å²) in [5, 5.41) is 10.8. The van der Waals surface area contributed by atoms with Crippen molar-refractivity contribution in [3.05, 3.63) is 53.1 Å². The third-order valence-electron chi connectivity index (χ3n) is 3.50. The molecule has 0 spiro atoms. The number of rotatable bonds is 5. The third kappa shape index (κ3) is 4.06. The van der Waals surface area contributed by atoms with Crippen LogP contribution in [0.1, 0.15) is 23.6 Å². The highest BCUT2D eigenvalue weighted by molar-refractivity contribution is 8.03. The standard InChI is InChI=1S/C17H18N2O2S2/c1-4-14-10-15(22-11-18)7-8-16(14)19-23(20,21)17-9-12(2)5-6-13(17)3/h5-10,19H,4H2,1-3H3. The smallest absolute Gasteiger partial charge is 0.262 e. The summed E-state index contributed by atoms with van der Waals surface area (Å²) in [5.41, 5.74) is 3.01. The molecule has 4 nitrogen and oxygen atoms in total. The van der Waals surface area contributed by atoms with Gasteiger partial charge in [0, 0.05) is 4.90 Å². The van der Waals surface area contributed by atoms with Crippen LogP contribution >= 0.6 is 11.8 Å². The minimum atomic E-state index is -3.65. The zero-order valence-electron chi connectivity index (χ0n) is 13.3. The van der Waals surface area contributed by atoms with Gasteiger partial charge in [-0.1, -0.05) is 19.1 Å². The second kappa shape index (κ2) is 7.07. The Morgan fingerprint density at radius 3 is 2.57 bits per heavy atom. The van der Waals surface area contributed by atoms with Crippen LogP contribution in [0.4, 0.5) is 5.69 Å². The second-order valence-electron chi connectivity index (χ2n) is 5.24. The maximum atomic E-state index is 12.7. The zero-order valence-corrected chi connectivity index (χ0v) is 14.9. The number of aryl methyl sites for hydroxylation is 3. The summed E-state index contributed by atoms with van der Waals surface area (Å²) in [7, 11) is -3.65. The summed E-state index contributed by atoms with van der Waals surface area (Å²) in [6.07, 6.45) is 0.671. The van der Waals surface area contributed by atoms with Gasteiger partial charge >= 0.3 is 0 Å². The number of nitrogens with zero attached hydrogens (tertiary/aromatic N) is 1. The molecule has 0 aliphatic carbocycles. The van der Waals surface area contributed by atoms with Crippen molar-refractivity contribution < 1.29 is 8.42 Å². The van der Waals surface area contributed by atoms with Crippen molar-refractivity contribution in [2.75, 3.05) is 4.72 Å². The van der Waals surface area contributed by atoms with E-state index in [1.807, 2.05) is 31.4 Å². The average Bonchev–Trinajstić information content (AvgIpc) is 2.51. The Kier molecular flexibility index (Phi) is 5.34. The molecule has 2 aromatic carbocycles. The van der Waals surface area contributed by atoms with Crippen molar-refractivity contribution in [2.24, 2.45) is 0 Å². The van der Waals surface area contributed by atoms with Crippen molar-refractivity contribution in [3.8, 4) is 5.40 Å². The lowest BCUT2D eigenvalue weighted by Crippen LogP contribution is -2.15. The molecule has 1 N–H and O–H groups in total. The summed E-state index contributed by atoms with van der Waals surface area (Å²) >= 11 is 1.06. The van der Waals surface area contributed by atoms with E-state index in [1.165, 1.54) is 0 Å². The number of benzene rings is 2. The minimum absolute atomic E-state index is 0.287. The molecule has 0 fully saturated rings. The van der Waals surface area contributed by atoms with E-state index in [1.54, 1.807) is 31.2 Å². The highest BCUT2D eigenvalue weighted by atomic mass is 32.2. The molecule has 120 valence electrons. The Labute approximate surface area is 141 Å². The summed E-state index contributed by atoms with van der Waals surface area (Å²) in [6, 6.07) is 10.7. The van der Waals surface area contributed by atoms with Crippen LogP contribution in [0.5, 0.6) is 0 Å². The van der Waals surface area contributed by atoms with Crippen LogP contribution in [0.3, 0.4) is 0 Å². The second-order valence-corrected chi connectivity index (χ2v) is 7.75. The fourth-order valence-electron chi connectivity index (χ4n) is 2.27. The lowest BCUT2D eigenvalue weighted by atomic mass is 10.1. The SMILES string of the molecule is CCc1cc(SC#N)ccc1NS(=O)(=O)c1cc(C)ccc1C. The van der Waals surface area contributed by atoms with Crippen molar-refractivity contribution in [3.63, 3.8) is 0 Å². The number of thiocyanates is 1. The van der Waals surface area contributed by atoms with Crippen LogP contribution in [0.25, 0.3) is 0 Å². The Bertz CT molecular complexity index is 869. The van der Waals surface area contributed by atoms with E-state index in [4.69, 9.17) is 5.26 Å². The van der Waals surface area contributed by atoms with E-state index in [2.05, 4.69) is 4.72 Å². The van der Waals surface area contributed by atoms with Crippen LogP contribution in [0.15, 0.2) is 46.2 Å². The maximum Gasteiger partial charge on any atom is 0.262 e. The molecule has 0 unspecified atom stereocenters. The predicted molar refractivity (Wildman–Crippen MR) is 94.0 cm³/mol. The van der Waals surface area contributed by atoms with E-state index in [9.17, 15) is 8.42 Å². The third-order valence-corrected chi connectivity index (χ3v) is 5.59. The lowest BCUT2D eigenvalue weighted by molar-refractivity contribution is 0.600. The fraction of sp³-hybridized carbons (Fsp3) is 0.235. The molecule has 2 rings (SSSR count). The van der Waals surface area contributed by atoms with Gasteiger partial charge < -0.3 is 0 Å². The molecule has 0 saturated carbocycles. The summed E-state index contributed by atoms with van der Waals surface area (Å²) < 4.78 is 28.0. The van der Waals surface area contributed by atoms with Gasteiger partial charge in [-0.15, -0.1) is 0 Å². The number of sulfonamides is 1. The van der Waals surface area contributed by atoms with E-state index < -0.39 is 10.0 Å². The van der Waals surface area contributed by atoms with Gasteiger partial charge in [-0.3, -0.25) is 4.72 Å². The van der Waals surface area contributed by atoms with Crippen molar-refractivity contribution in [1.29, 1.82) is 5.26 Å². The average molecular weight is 346 g/mol. The van der Waals surface area contributed by atoms with Crippen LogP contribution in [-0.4, -0.2) is 8.42 Å². The Morgan fingerprint density at radius 1 is 1.17 bits per heavy atom. The van der Waals surface area contributed by atoms with Gasteiger partial charge in [-0.2, -0.15) is 5.26 Å². The van der Waals surface area contributed by atoms with Crippen LogP contribution in [-0.2, 0) is 16.4 Å². The molecule has 0 heterocycles. The number of hydrogen-bond donors (Lipinski definition) is 1. The number of anilines is 1. The molecule has 23 heavy (non-hydrogen) atoms. The monoisotopic (exact) mass is 346 g/mol. The van der Waals surface area contributed by atoms with Gasteiger partial charge in [0.25, 0.3) is 10.0 Å². The highest BCUT2D eigenvalue weighted by Crippen LogP contribution is 2.27. The molecule has 0 saturated heterocycles. The van der Waals surface area contributed by atoms with Crippen LogP contribution in [0, 0.1) is 24.5 Å². The summed E-state index contributed by atoms with van der Waals surface area (Å²) in [5.74, 6) is 0. The fourth-order valence-corrected chi connectivity index (χ4v) is 4.15. The molecule has 2 aromatic rings. The largest absolute Gasteiger partial charge is 0.279 e. The van der Waals surface area contributed by atoms with Gasteiger partial charge in [0.15, 0.2) is 0 Å². The summed E-state index contributed by atoms with van der Waals surface area (Å²) in [6.45, 7) is 5.59. The van der Waals surface area contributed by atoms with E-state index >= 15 is 0 Å². The minimum Gasteiger partial charge on any atom is -0.279 e. The first-order valence-electron chi connectivity index (χ1n) is 7.16. The first-order valence-corrected chi connectivity index (χ1v) is 9.46. The van der Waals surface area contributed by atoms with Gasteiger partial charge in [0.05, 0.1) is 10.6 Å². The quantitative estimate of drug-likeness (QED) is 0.649. The Balaban J connectivity index is 2.41. The highest BCUT2D eigenvalue weighted by Gasteiger charge is 2.18. The molecular weight excluding hydrogens is 328 g/mol. The molecule has 0 aliphatic heterocycles. The van der Waals surface area contributed by atoms with Crippen LogP contribution < -0.4 is 4.72 Å². The Morgan fingerprint density at radius 2 is 1.91 bits per heavy atom. The molecule has 0 amide bonds. The number of nitrogens with one attached hydrogen (secondary N) is 1. The molecule has 0 radical (unpaired) electrons. The number of thioether (sulfide) groups is 1. The first kappa shape index (κ1) is 17.4. The van der Waals surface area contributed by atoms with Gasteiger partial charge in [-0.25, -0.2) is 8.42 Å². The maximum absolute atomic E-state index is 12.7. The molecule has 0 bridgehead atoms. The van der Waals surface area contributed by atoms with E-state index in [0.717, 1.165) is 27.8 Å². The molecule has 6 heteroatoms. The zero-order chi connectivity index (χ0) is 17.0. The first-order chi connectivity index (χ1) is 10.9. The Hall–Kier alpha value is -1.97. The van der Waals surface area contributed by atoms with Crippen molar-refractivity contribution in [1.82, 2.24) is 0 Å². The molecule has 0 aromatic heterocycles. The topological polar surface area (TPSA) is 70.0 Å². The molecular formula is C17H18N2O2S2. The van der Waals surface area contributed by atoms with Crippen molar-refractivity contribution in [2.45, 2.75) is 37.0 Å². The van der Waals surface area contributed by atoms with Crippen molar-refractivity contribution >= 4 is 27.5 Å². The predicted octanol–water partition coefficient (Wildman–Crippen LogP) is 4.24. The molecule has 0 atom stereocenters. The van der Waals surface area contributed by atoms with Gasteiger partial charge in [0.1, 0.15) is 5.40 Å².